The summed E-state index contributed by atoms with van der Waals surface area (Å²) in [4.78, 5) is 32.9. The Morgan fingerprint density at radius 2 is 1.82 bits per heavy atom. The van der Waals surface area contributed by atoms with Gasteiger partial charge in [0, 0.05) is 37.3 Å². The lowest BCUT2D eigenvalue weighted by atomic mass is 10.1. The lowest BCUT2D eigenvalue weighted by molar-refractivity contribution is 0.356. The Bertz CT molecular complexity index is 1500. The van der Waals surface area contributed by atoms with E-state index in [1.165, 1.54) is 0 Å². The monoisotopic (exact) mass is 460 g/mol. The summed E-state index contributed by atoms with van der Waals surface area (Å²) in [6.45, 7) is 4.57. The number of aryl methyl sites for hydroxylation is 1. The third-order valence-corrected chi connectivity index (χ3v) is 5.61. The van der Waals surface area contributed by atoms with Gasteiger partial charge in [-0.05, 0) is 19.9 Å². The summed E-state index contributed by atoms with van der Waals surface area (Å²) >= 11 is 0. The Balaban J connectivity index is 1.72. The summed E-state index contributed by atoms with van der Waals surface area (Å²) in [5.74, 6) is 2.09. The lowest BCUT2D eigenvalue weighted by Gasteiger charge is -2.16. The predicted molar refractivity (Wildman–Crippen MR) is 128 cm³/mol. The number of anilines is 1. The van der Waals surface area contributed by atoms with Gasteiger partial charge in [0.1, 0.15) is 22.7 Å². The van der Waals surface area contributed by atoms with Crippen molar-refractivity contribution in [3.63, 3.8) is 0 Å². The fourth-order valence-corrected chi connectivity index (χ4v) is 3.91. The molecule has 0 aliphatic heterocycles. The van der Waals surface area contributed by atoms with Crippen molar-refractivity contribution < 1.29 is 9.47 Å². The first kappa shape index (κ1) is 21.4. The first-order chi connectivity index (χ1) is 16.5. The second-order valence-corrected chi connectivity index (χ2v) is 7.73. The van der Waals surface area contributed by atoms with E-state index in [0.29, 0.717) is 63.0 Å². The zero-order valence-corrected chi connectivity index (χ0v) is 19.2. The van der Waals surface area contributed by atoms with Crippen LogP contribution < -0.4 is 20.3 Å². The van der Waals surface area contributed by atoms with E-state index in [-0.39, 0.29) is 11.6 Å². The van der Waals surface area contributed by atoms with Gasteiger partial charge in [0.15, 0.2) is 11.5 Å². The third kappa shape index (κ3) is 3.60. The number of nitrogens with one attached hydrogen (secondary N) is 3. The Hall–Kier alpha value is -4.41. The zero-order valence-electron chi connectivity index (χ0n) is 19.2. The molecule has 174 valence electrons. The number of benzene rings is 1. The largest absolute Gasteiger partial charge is 0.493 e. The molecule has 34 heavy (non-hydrogen) atoms. The van der Waals surface area contributed by atoms with Crippen LogP contribution in [0.15, 0.2) is 41.6 Å². The van der Waals surface area contributed by atoms with Crippen LogP contribution in [0.4, 0.5) is 5.69 Å². The molecule has 0 amide bonds. The summed E-state index contributed by atoms with van der Waals surface area (Å²) in [7, 11) is 3.13. The zero-order chi connectivity index (χ0) is 23.8. The maximum atomic E-state index is 13.3. The van der Waals surface area contributed by atoms with Crippen molar-refractivity contribution in [3.05, 3.63) is 53.0 Å². The quantitative estimate of drug-likeness (QED) is 0.337. The van der Waals surface area contributed by atoms with Crippen molar-refractivity contribution in [2.45, 2.75) is 26.4 Å². The van der Waals surface area contributed by atoms with E-state index in [1.54, 1.807) is 49.5 Å². The lowest BCUT2D eigenvalue weighted by Crippen LogP contribution is -2.17. The van der Waals surface area contributed by atoms with Crippen molar-refractivity contribution in [3.8, 4) is 22.9 Å². The van der Waals surface area contributed by atoms with Gasteiger partial charge >= 0.3 is 0 Å². The highest BCUT2D eigenvalue weighted by molar-refractivity contribution is 5.96. The fourth-order valence-electron chi connectivity index (χ4n) is 3.91. The molecule has 0 bridgehead atoms. The molecular weight excluding hydrogens is 436 g/mol. The van der Waals surface area contributed by atoms with Gasteiger partial charge in [-0.1, -0.05) is 0 Å². The number of pyridine rings is 1. The molecule has 0 aliphatic rings. The van der Waals surface area contributed by atoms with Crippen molar-refractivity contribution in [2.75, 3.05) is 19.5 Å². The van der Waals surface area contributed by atoms with Crippen LogP contribution in [0.25, 0.3) is 33.5 Å². The number of rotatable bonds is 7. The van der Waals surface area contributed by atoms with Crippen LogP contribution >= 0.6 is 0 Å². The minimum Gasteiger partial charge on any atom is -0.493 e. The average Bonchev–Trinajstić information content (AvgIpc) is 3.46. The summed E-state index contributed by atoms with van der Waals surface area (Å²) < 4.78 is 12.6. The van der Waals surface area contributed by atoms with Gasteiger partial charge in [-0.15, -0.1) is 0 Å². The van der Waals surface area contributed by atoms with Gasteiger partial charge in [-0.25, -0.2) is 15.0 Å². The van der Waals surface area contributed by atoms with Gasteiger partial charge in [0.05, 0.1) is 42.5 Å². The molecule has 0 saturated carbocycles. The van der Waals surface area contributed by atoms with Crippen LogP contribution in [0.3, 0.4) is 0 Å². The molecular formula is C23H24N8O3. The van der Waals surface area contributed by atoms with Crippen molar-refractivity contribution in [1.82, 2.24) is 34.7 Å². The Kier molecular flexibility index (Phi) is 5.36. The van der Waals surface area contributed by atoms with Gasteiger partial charge in [-0.2, -0.15) is 5.10 Å². The molecule has 0 spiro atoms. The highest BCUT2D eigenvalue weighted by Crippen LogP contribution is 2.35. The Labute approximate surface area is 194 Å². The number of nitrogens with zero attached hydrogens (tertiary/aromatic N) is 5. The normalized spacial score (nSPS) is 12.2. The second-order valence-electron chi connectivity index (χ2n) is 7.73. The first-order valence-electron chi connectivity index (χ1n) is 10.8. The summed E-state index contributed by atoms with van der Waals surface area (Å²) in [6, 6.07) is 5.02. The number of imidazole rings is 1. The number of aromatic nitrogens is 7. The molecule has 0 fully saturated rings. The molecule has 1 aromatic carbocycles. The standard InChI is InChI=1S/C23H24N8O3/c1-5-31-11-15-19(30-31)20(26-12(2)21-24-7-6-8-25-21)18(23(32)29-15)22-27-13-9-16(33-3)17(34-4)10-14(13)28-22/h6-12,26H,5H2,1-4H3,(H,27,28)(H,29,32). The summed E-state index contributed by atoms with van der Waals surface area (Å²) in [5.41, 5.74) is 3.17. The van der Waals surface area contributed by atoms with E-state index >= 15 is 0 Å². The maximum absolute atomic E-state index is 13.3. The number of aromatic amines is 2. The van der Waals surface area contributed by atoms with E-state index < -0.39 is 0 Å². The van der Waals surface area contributed by atoms with Crippen molar-refractivity contribution in [2.24, 2.45) is 0 Å². The van der Waals surface area contributed by atoms with Crippen LogP contribution in [-0.4, -0.2) is 48.9 Å². The molecule has 5 aromatic rings. The number of ether oxygens (including phenoxy) is 2. The average molecular weight is 460 g/mol. The van der Waals surface area contributed by atoms with Crippen LogP contribution in [0, 0.1) is 0 Å². The molecule has 4 heterocycles. The molecule has 0 aliphatic carbocycles. The maximum Gasteiger partial charge on any atom is 0.261 e. The van der Waals surface area contributed by atoms with Crippen LogP contribution in [-0.2, 0) is 6.54 Å². The van der Waals surface area contributed by atoms with E-state index in [9.17, 15) is 4.79 Å². The highest BCUT2D eigenvalue weighted by Gasteiger charge is 2.23. The van der Waals surface area contributed by atoms with Crippen LogP contribution in [0.5, 0.6) is 11.5 Å². The summed E-state index contributed by atoms with van der Waals surface area (Å²) in [6.07, 6.45) is 5.17. The minimum atomic E-state index is -0.301. The van der Waals surface area contributed by atoms with Crippen molar-refractivity contribution in [1.29, 1.82) is 0 Å². The Morgan fingerprint density at radius 1 is 1.09 bits per heavy atom. The number of hydrogen-bond donors (Lipinski definition) is 3. The molecule has 4 aromatic heterocycles. The van der Waals surface area contributed by atoms with Crippen LogP contribution in [0.1, 0.15) is 25.7 Å². The molecule has 1 atom stereocenters. The van der Waals surface area contributed by atoms with E-state index in [1.807, 2.05) is 20.0 Å². The van der Waals surface area contributed by atoms with E-state index in [2.05, 4.69) is 35.3 Å². The first-order valence-corrected chi connectivity index (χ1v) is 10.8. The Morgan fingerprint density at radius 3 is 2.53 bits per heavy atom. The summed E-state index contributed by atoms with van der Waals surface area (Å²) in [5, 5.41) is 8.08. The molecule has 1 unspecified atom stereocenters. The van der Waals surface area contributed by atoms with E-state index in [4.69, 9.17) is 9.47 Å². The van der Waals surface area contributed by atoms with Gasteiger partial charge in [0.25, 0.3) is 5.56 Å². The smallest absolute Gasteiger partial charge is 0.261 e. The molecule has 5 rings (SSSR count). The number of fused-ring (bicyclic) bond motifs is 2. The highest BCUT2D eigenvalue weighted by atomic mass is 16.5. The predicted octanol–water partition coefficient (Wildman–Crippen LogP) is 3.27. The number of H-pyrrole nitrogens is 2. The third-order valence-electron chi connectivity index (χ3n) is 5.61. The second kappa shape index (κ2) is 8.50. The molecule has 11 nitrogen and oxygen atoms in total. The molecule has 0 radical (unpaired) electrons. The topological polar surface area (TPSA) is 136 Å². The molecule has 3 N–H and O–H groups in total. The fraction of sp³-hybridized carbons (Fsp3) is 0.261. The van der Waals surface area contributed by atoms with Crippen molar-refractivity contribution >= 4 is 27.8 Å². The number of methoxy groups -OCH3 is 2. The number of hydrogen-bond acceptors (Lipinski definition) is 8. The van der Waals surface area contributed by atoms with Gasteiger partial charge in [-0.3, -0.25) is 9.48 Å². The van der Waals surface area contributed by atoms with E-state index in [0.717, 1.165) is 0 Å². The molecule has 11 heteroatoms. The van der Waals surface area contributed by atoms with Gasteiger partial charge in [0.2, 0.25) is 0 Å². The molecule has 0 saturated heterocycles. The van der Waals surface area contributed by atoms with Crippen LogP contribution in [0.2, 0.25) is 0 Å². The van der Waals surface area contributed by atoms with Gasteiger partial charge < -0.3 is 24.8 Å². The minimum absolute atomic E-state index is 0.290. The SMILES string of the molecule is CCn1cc2[nH]c(=O)c(-c3nc4cc(OC)c(OC)cc4[nH]3)c(NC(C)c3ncccn3)c2n1.